The standard InChI is InChI=1S/C21H21NO2/c1-15-7-10-20(16(2)11-15)24-14-21(23)22-13-17-8-9-18-5-3-4-6-19(18)12-17/h3-12H,13-14H2,1-2H3,(H,22,23). The van der Waals surface area contributed by atoms with E-state index >= 15 is 0 Å². The summed E-state index contributed by atoms with van der Waals surface area (Å²) in [4.78, 5) is 12.0. The summed E-state index contributed by atoms with van der Waals surface area (Å²) in [5.41, 5.74) is 3.30. The van der Waals surface area contributed by atoms with Gasteiger partial charge < -0.3 is 10.1 Å². The number of aryl methyl sites for hydroxylation is 2. The van der Waals surface area contributed by atoms with E-state index in [4.69, 9.17) is 4.74 Å². The molecule has 0 aliphatic heterocycles. The van der Waals surface area contributed by atoms with Crippen LogP contribution in [0.4, 0.5) is 0 Å². The van der Waals surface area contributed by atoms with Gasteiger partial charge in [-0.2, -0.15) is 0 Å². The number of hydrogen-bond acceptors (Lipinski definition) is 2. The maximum absolute atomic E-state index is 12.0. The predicted molar refractivity (Wildman–Crippen MR) is 97.2 cm³/mol. The minimum absolute atomic E-state index is 0.0253. The van der Waals surface area contributed by atoms with Gasteiger partial charge in [-0.3, -0.25) is 4.79 Å². The Morgan fingerprint density at radius 2 is 1.75 bits per heavy atom. The minimum atomic E-state index is -0.122. The van der Waals surface area contributed by atoms with E-state index < -0.39 is 0 Å². The Morgan fingerprint density at radius 3 is 2.54 bits per heavy atom. The summed E-state index contributed by atoms with van der Waals surface area (Å²) < 4.78 is 5.60. The summed E-state index contributed by atoms with van der Waals surface area (Å²) in [6.07, 6.45) is 0. The Labute approximate surface area is 142 Å². The molecule has 0 spiro atoms. The van der Waals surface area contributed by atoms with Crippen molar-refractivity contribution in [3.63, 3.8) is 0 Å². The number of amides is 1. The van der Waals surface area contributed by atoms with E-state index in [0.29, 0.717) is 6.54 Å². The Bertz CT molecular complexity index is 871. The molecule has 0 atom stereocenters. The zero-order chi connectivity index (χ0) is 16.9. The van der Waals surface area contributed by atoms with Crippen molar-refractivity contribution in [1.82, 2.24) is 5.32 Å². The Balaban J connectivity index is 1.54. The molecular formula is C21H21NO2. The van der Waals surface area contributed by atoms with Crippen LogP contribution in [0.15, 0.2) is 60.7 Å². The monoisotopic (exact) mass is 319 g/mol. The van der Waals surface area contributed by atoms with Crippen molar-refractivity contribution in [2.24, 2.45) is 0 Å². The first-order valence-electron chi connectivity index (χ1n) is 8.06. The molecule has 24 heavy (non-hydrogen) atoms. The zero-order valence-corrected chi connectivity index (χ0v) is 14.0. The SMILES string of the molecule is Cc1ccc(OCC(=O)NCc2ccc3ccccc3c2)c(C)c1. The van der Waals surface area contributed by atoms with E-state index in [1.54, 1.807) is 0 Å². The molecule has 0 bridgehead atoms. The summed E-state index contributed by atoms with van der Waals surface area (Å²) in [7, 11) is 0. The number of carbonyl (C=O) groups is 1. The van der Waals surface area contributed by atoms with E-state index in [1.165, 1.54) is 16.3 Å². The molecule has 0 saturated heterocycles. The molecule has 0 saturated carbocycles. The second kappa shape index (κ2) is 7.18. The number of ether oxygens (including phenoxy) is 1. The van der Waals surface area contributed by atoms with Crippen molar-refractivity contribution < 1.29 is 9.53 Å². The summed E-state index contributed by atoms with van der Waals surface area (Å²) in [6.45, 7) is 4.54. The molecular weight excluding hydrogens is 298 g/mol. The number of nitrogens with one attached hydrogen (secondary N) is 1. The van der Waals surface area contributed by atoms with E-state index in [2.05, 4.69) is 29.6 Å². The lowest BCUT2D eigenvalue weighted by Crippen LogP contribution is -2.28. The fourth-order valence-corrected chi connectivity index (χ4v) is 2.70. The molecule has 3 aromatic carbocycles. The number of fused-ring (bicyclic) bond motifs is 1. The highest BCUT2D eigenvalue weighted by molar-refractivity contribution is 5.83. The van der Waals surface area contributed by atoms with Crippen LogP contribution in [0, 0.1) is 13.8 Å². The second-order valence-electron chi connectivity index (χ2n) is 6.02. The molecule has 0 heterocycles. The lowest BCUT2D eigenvalue weighted by Gasteiger charge is -2.10. The average molecular weight is 319 g/mol. The van der Waals surface area contributed by atoms with Crippen molar-refractivity contribution in [2.75, 3.05) is 6.61 Å². The molecule has 3 aromatic rings. The first-order valence-corrected chi connectivity index (χ1v) is 8.06. The van der Waals surface area contributed by atoms with Crippen molar-refractivity contribution >= 4 is 16.7 Å². The average Bonchev–Trinajstić information content (AvgIpc) is 2.59. The van der Waals surface area contributed by atoms with Crippen LogP contribution in [0.1, 0.15) is 16.7 Å². The van der Waals surface area contributed by atoms with Gasteiger partial charge in [0.25, 0.3) is 5.91 Å². The second-order valence-corrected chi connectivity index (χ2v) is 6.02. The van der Waals surface area contributed by atoms with Gasteiger partial charge >= 0.3 is 0 Å². The number of carbonyl (C=O) groups excluding carboxylic acids is 1. The van der Waals surface area contributed by atoms with Crippen LogP contribution in [0.5, 0.6) is 5.75 Å². The summed E-state index contributed by atoms with van der Waals surface area (Å²) in [5, 5.41) is 5.28. The van der Waals surface area contributed by atoms with E-state index in [0.717, 1.165) is 16.9 Å². The maximum Gasteiger partial charge on any atom is 0.258 e. The van der Waals surface area contributed by atoms with Gasteiger partial charge in [0, 0.05) is 6.54 Å². The lowest BCUT2D eigenvalue weighted by atomic mass is 10.1. The number of rotatable bonds is 5. The fraction of sp³-hybridized carbons (Fsp3) is 0.190. The zero-order valence-electron chi connectivity index (χ0n) is 14.0. The van der Waals surface area contributed by atoms with Gasteiger partial charge in [-0.05, 0) is 47.9 Å². The van der Waals surface area contributed by atoms with Crippen LogP contribution in [0.2, 0.25) is 0 Å². The van der Waals surface area contributed by atoms with Gasteiger partial charge in [-0.15, -0.1) is 0 Å². The molecule has 0 aliphatic carbocycles. The topological polar surface area (TPSA) is 38.3 Å². The van der Waals surface area contributed by atoms with Crippen molar-refractivity contribution in [3.05, 3.63) is 77.4 Å². The van der Waals surface area contributed by atoms with Gasteiger partial charge in [0.1, 0.15) is 5.75 Å². The normalized spacial score (nSPS) is 10.6. The molecule has 3 heteroatoms. The van der Waals surface area contributed by atoms with Crippen molar-refractivity contribution in [2.45, 2.75) is 20.4 Å². The molecule has 0 unspecified atom stereocenters. The first-order chi connectivity index (χ1) is 11.6. The Kier molecular flexibility index (Phi) is 4.80. The third-order valence-corrected chi connectivity index (χ3v) is 3.99. The molecule has 122 valence electrons. The third kappa shape index (κ3) is 3.93. The Hall–Kier alpha value is -2.81. The van der Waals surface area contributed by atoms with Crippen LogP contribution >= 0.6 is 0 Å². The van der Waals surface area contributed by atoms with E-state index in [-0.39, 0.29) is 12.5 Å². The summed E-state index contributed by atoms with van der Waals surface area (Å²) >= 11 is 0. The van der Waals surface area contributed by atoms with Crippen molar-refractivity contribution in [3.8, 4) is 5.75 Å². The van der Waals surface area contributed by atoms with Crippen LogP contribution in [-0.2, 0) is 11.3 Å². The van der Waals surface area contributed by atoms with Crippen LogP contribution in [-0.4, -0.2) is 12.5 Å². The van der Waals surface area contributed by atoms with Gasteiger partial charge in [-0.1, -0.05) is 54.1 Å². The maximum atomic E-state index is 12.0. The van der Waals surface area contributed by atoms with Crippen LogP contribution < -0.4 is 10.1 Å². The predicted octanol–water partition coefficient (Wildman–Crippen LogP) is 4.15. The van der Waals surface area contributed by atoms with Crippen LogP contribution in [0.25, 0.3) is 10.8 Å². The van der Waals surface area contributed by atoms with E-state index in [9.17, 15) is 4.79 Å². The molecule has 0 aliphatic rings. The summed E-state index contributed by atoms with van der Waals surface area (Å²) in [6, 6.07) is 20.3. The molecule has 1 amide bonds. The highest BCUT2D eigenvalue weighted by atomic mass is 16.5. The molecule has 0 radical (unpaired) electrons. The smallest absolute Gasteiger partial charge is 0.258 e. The number of benzene rings is 3. The minimum Gasteiger partial charge on any atom is -0.484 e. The van der Waals surface area contributed by atoms with Crippen LogP contribution in [0.3, 0.4) is 0 Å². The highest BCUT2D eigenvalue weighted by Crippen LogP contribution is 2.18. The first kappa shape index (κ1) is 16.1. The van der Waals surface area contributed by atoms with Gasteiger partial charge in [-0.25, -0.2) is 0 Å². The number of hydrogen-bond donors (Lipinski definition) is 1. The molecule has 3 rings (SSSR count). The third-order valence-electron chi connectivity index (χ3n) is 3.99. The largest absolute Gasteiger partial charge is 0.484 e. The van der Waals surface area contributed by atoms with E-state index in [1.807, 2.05) is 50.2 Å². The van der Waals surface area contributed by atoms with Gasteiger partial charge in [0.2, 0.25) is 0 Å². The molecule has 3 nitrogen and oxygen atoms in total. The molecule has 0 fully saturated rings. The fourth-order valence-electron chi connectivity index (χ4n) is 2.70. The molecule has 1 N–H and O–H groups in total. The highest BCUT2D eigenvalue weighted by Gasteiger charge is 2.05. The Morgan fingerprint density at radius 1 is 0.958 bits per heavy atom. The van der Waals surface area contributed by atoms with Crippen molar-refractivity contribution in [1.29, 1.82) is 0 Å². The lowest BCUT2D eigenvalue weighted by molar-refractivity contribution is -0.123. The van der Waals surface area contributed by atoms with Gasteiger partial charge in [0.15, 0.2) is 6.61 Å². The summed E-state index contributed by atoms with van der Waals surface area (Å²) in [5.74, 6) is 0.629. The molecule has 0 aromatic heterocycles. The quantitative estimate of drug-likeness (QED) is 0.767. The van der Waals surface area contributed by atoms with Gasteiger partial charge in [0.05, 0.1) is 0 Å².